The van der Waals surface area contributed by atoms with Gasteiger partial charge in [-0.05, 0) is 29.5 Å². The second-order valence-corrected chi connectivity index (χ2v) is 9.34. The topological polar surface area (TPSA) is 116 Å². The standard InChI is InChI=1S/C24H29N5O5S/c1-13(2)15-12-21(30)27-24(25-15)29-20(11-16(28-29)19-7-6-8-35-19)26-23(31)14-9-17(32-3)22(34-5)18(10-14)33-4/h6-11,13,15,24-25H,12H2,1-5H3,(H,26,31)(H,27,30). The van der Waals surface area contributed by atoms with Crippen LogP contribution in [0.15, 0.2) is 35.7 Å². The Balaban J connectivity index is 1.70. The predicted molar refractivity (Wildman–Crippen MR) is 133 cm³/mol. The van der Waals surface area contributed by atoms with Gasteiger partial charge in [-0.1, -0.05) is 19.9 Å². The number of ether oxygens (including phenoxy) is 3. The minimum absolute atomic E-state index is 0.0261. The molecule has 11 heteroatoms. The van der Waals surface area contributed by atoms with Gasteiger partial charge in [-0.25, -0.2) is 4.68 Å². The van der Waals surface area contributed by atoms with Crippen molar-refractivity contribution in [2.75, 3.05) is 26.6 Å². The van der Waals surface area contributed by atoms with Crippen molar-refractivity contribution < 1.29 is 23.8 Å². The molecule has 4 rings (SSSR count). The van der Waals surface area contributed by atoms with Gasteiger partial charge < -0.3 is 24.8 Å². The van der Waals surface area contributed by atoms with Crippen molar-refractivity contribution in [1.82, 2.24) is 20.4 Å². The molecule has 186 valence electrons. The molecule has 2 amide bonds. The van der Waals surface area contributed by atoms with E-state index >= 15 is 0 Å². The molecule has 2 atom stereocenters. The minimum atomic E-state index is -0.618. The molecule has 2 aromatic heterocycles. The molecule has 0 bridgehead atoms. The van der Waals surface area contributed by atoms with Gasteiger partial charge in [0.25, 0.3) is 5.91 Å². The van der Waals surface area contributed by atoms with Crippen LogP contribution in [-0.4, -0.2) is 49.0 Å². The Hall–Kier alpha value is -3.57. The molecular weight excluding hydrogens is 470 g/mol. The fraction of sp³-hybridized carbons (Fsp3) is 0.375. The maximum atomic E-state index is 13.3. The summed E-state index contributed by atoms with van der Waals surface area (Å²) in [6.07, 6.45) is -0.243. The van der Waals surface area contributed by atoms with Crippen LogP contribution in [-0.2, 0) is 4.79 Å². The first-order chi connectivity index (χ1) is 16.8. The van der Waals surface area contributed by atoms with E-state index in [0.29, 0.717) is 40.7 Å². The normalized spacial score (nSPS) is 17.7. The summed E-state index contributed by atoms with van der Waals surface area (Å²) < 4.78 is 17.7. The molecule has 0 spiro atoms. The van der Waals surface area contributed by atoms with Crippen LogP contribution in [0.2, 0.25) is 0 Å². The number of rotatable bonds is 8. The van der Waals surface area contributed by atoms with Crippen molar-refractivity contribution in [3.63, 3.8) is 0 Å². The molecule has 3 N–H and O–H groups in total. The molecule has 3 heterocycles. The first-order valence-electron chi connectivity index (χ1n) is 11.1. The smallest absolute Gasteiger partial charge is 0.257 e. The zero-order valence-corrected chi connectivity index (χ0v) is 21.1. The highest BCUT2D eigenvalue weighted by molar-refractivity contribution is 7.13. The highest BCUT2D eigenvalue weighted by Crippen LogP contribution is 2.38. The number of anilines is 1. The number of nitrogens with zero attached hydrogens (tertiary/aromatic N) is 2. The summed E-state index contributed by atoms with van der Waals surface area (Å²) in [7, 11) is 4.48. The van der Waals surface area contributed by atoms with Crippen molar-refractivity contribution >= 4 is 29.0 Å². The van der Waals surface area contributed by atoms with Gasteiger partial charge in [-0.15, -0.1) is 11.3 Å². The van der Waals surface area contributed by atoms with Gasteiger partial charge in [0.05, 0.1) is 26.2 Å². The predicted octanol–water partition coefficient (Wildman–Crippen LogP) is 3.48. The Labute approximate surface area is 207 Å². The largest absolute Gasteiger partial charge is 0.493 e. The van der Waals surface area contributed by atoms with Gasteiger partial charge in [0, 0.05) is 24.1 Å². The maximum absolute atomic E-state index is 13.3. The number of amides is 2. The second kappa shape index (κ2) is 10.4. The lowest BCUT2D eigenvalue weighted by molar-refractivity contribution is -0.126. The molecule has 1 aliphatic rings. The van der Waals surface area contributed by atoms with Crippen LogP contribution in [0.25, 0.3) is 10.6 Å². The number of aromatic nitrogens is 2. The van der Waals surface area contributed by atoms with E-state index in [2.05, 4.69) is 29.8 Å². The van der Waals surface area contributed by atoms with Gasteiger partial charge in [0.1, 0.15) is 11.5 Å². The van der Waals surface area contributed by atoms with Crippen molar-refractivity contribution in [3.05, 3.63) is 41.3 Å². The third-order valence-corrected chi connectivity index (χ3v) is 6.69. The zero-order chi connectivity index (χ0) is 25.1. The molecule has 0 aliphatic carbocycles. The summed E-state index contributed by atoms with van der Waals surface area (Å²) in [6, 6.07) is 8.80. The fourth-order valence-electron chi connectivity index (χ4n) is 3.90. The van der Waals surface area contributed by atoms with Crippen molar-refractivity contribution in [2.24, 2.45) is 5.92 Å². The molecular formula is C24H29N5O5S. The van der Waals surface area contributed by atoms with Crippen LogP contribution in [0.4, 0.5) is 5.82 Å². The molecule has 10 nitrogen and oxygen atoms in total. The second-order valence-electron chi connectivity index (χ2n) is 8.40. The minimum Gasteiger partial charge on any atom is -0.493 e. The van der Waals surface area contributed by atoms with E-state index in [1.54, 1.807) is 22.9 Å². The van der Waals surface area contributed by atoms with E-state index in [1.165, 1.54) is 32.7 Å². The van der Waals surface area contributed by atoms with E-state index in [0.717, 1.165) is 4.88 Å². The number of benzene rings is 1. The van der Waals surface area contributed by atoms with Crippen LogP contribution < -0.4 is 30.2 Å². The van der Waals surface area contributed by atoms with Crippen molar-refractivity contribution in [2.45, 2.75) is 32.6 Å². The lowest BCUT2D eigenvalue weighted by Gasteiger charge is -2.34. The number of thiophene rings is 1. The number of carbonyl (C=O) groups excluding carboxylic acids is 2. The van der Waals surface area contributed by atoms with Crippen molar-refractivity contribution in [3.8, 4) is 27.8 Å². The van der Waals surface area contributed by atoms with E-state index < -0.39 is 12.2 Å². The van der Waals surface area contributed by atoms with Crippen LogP contribution in [0.3, 0.4) is 0 Å². The van der Waals surface area contributed by atoms with Gasteiger partial charge in [0.2, 0.25) is 11.7 Å². The summed E-state index contributed by atoms with van der Waals surface area (Å²) in [5, 5.41) is 16.0. The maximum Gasteiger partial charge on any atom is 0.257 e. The summed E-state index contributed by atoms with van der Waals surface area (Å²) in [5.74, 6) is 1.32. The number of hydrogen-bond acceptors (Lipinski definition) is 8. The molecule has 0 saturated carbocycles. The summed E-state index contributed by atoms with van der Waals surface area (Å²) in [6.45, 7) is 4.11. The Kier molecular flexibility index (Phi) is 7.27. The Morgan fingerprint density at radius 3 is 2.46 bits per heavy atom. The van der Waals surface area contributed by atoms with E-state index in [9.17, 15) is 9.59 Å². The zero-order valence-electron chi connectivity index (χ0n) is 20.2. The molecule has 1 saturated heterocycles. The third-order valence-electron chi connectivity index (χ3n) is 5.80. The quantitative estimate of drug-likeness (QED) is 0.435. The van der Waals surface area contributed by atoms with Gasteiger partial charge in [-0.3, -0.25) is 14.9 Å². The molecule has 1 aromatic carbocycles. The van der Waals surface area contributed by atoms with E-state index in [4.69, 9.17) is 19.3 Å². The highest BCUT2D eigenvalue weighted by atomic mass is 32.1. The molecule has 0 radical (unpaired) electrons. The van der Waals surface area contributed by atoms with E-state index in [1.807, 2.05) is 17.5 Å². The van der Waals surface area contributed by atoms with Gasteiger partial charge in [-0.2, -0.15) is 5.10 Å². The molecule has 2 unspecified atom stereocenters. The highest BCUT2D eigenvalue weighted by Gasteiger charge is 2.31. The lowest BCUT2D eigenvalue weighted by atomic mass is 9.99. The summed E-state index contributed by atoms with van der Waals surface area (Å²) >= 11 is 1.54. The van der Waals surface area contributed by atoms with Gasteiger partial charge in [0.15, 0.2) is 17.8 Å². The first-order valence-corrected chi connectivity index (χ1v) is 12.0. The molecule has 1 aliphatic heterocycles. The number of carbonyl (C=O) groups is 2. The number of nitrogens with one attached hydrogen (secondary N) is 3. The molecule has 1 fully saturated rings. The monoisotopic (exact) mass is 499 g/mol. The van der Waals surface area contributed by atoms with Crippen LogP contribution >= 0.6 is 11.3 Å². The Morgan fingerprint density at radius 2 is 1.89 bits per heavy atom. The summed E-state index contributed by atoms with van der Waals surface area (Å²) in [5.41, 5.74) is 0.994. The average molecular weight is 500 g/mol. The Bertz CT molecular complexity index is 1180. The molecule has 35 heavy (non-hydrogen) atoms. The van der Waals surface area contributed by atoms with Crippen LogP contribution in [0, 0.1) is 5.92 Å². The van der Waals surface area contributed by atoms with Gasteiger partial charge >= 0.3 is 0 Å². The van der Waals surface area contributed by atoms with Crippen molar-refractivity contribution in [1.29, 1.82) is 0 Å². The first kappa shape index (κ1) is 24.6. The fourth-order valence-corrected chi connectivity index (χ4v) is 4.59. The van der Waals surface area contributed by atoms with Crippen LogP contribution in [0.1, 0.15) is 36.9 Å². The number of methoxy groups -OCH3 is 3. The Morgan fingerprint density at radius 1 is 1.17 bits per heavy atom. The van der Waals surface area contributed by atoms with E-state index in [-0.39, 0.29) is 17.9 Å². The third kappa shape index (κ3) is 5.10. The average Bonchev–Trinajstić information content (AvgIpc) is 3.52. The SMILES string of the molecule is COc1cc(C(=O)Nc2cc(-c3cccs3)nn2C2NC(=O)CC(C(C)C)N2)cc(OC)c1OC. The molecule has 3 aromatic rings. The number of hydrogen-bond donors (Lipinski definition) is 3. The lowest BCUT2D eigenvalue weighted by Crippen LogP contribution is -2.55. The van der Waals surface area contributed by atoms with Crippen LogP contribution in [0.5, 0.6) is 17.2 Å². The summed E-state index contributed by atoms with van der Waals surface area (Å²) in [4.78, 5) is 26.7.